The average Bonchev–Trinajstić information content (AvgIpc) is 2.73. The van der Waals surface area contributed by atoms with Gasteiger partial charge in [-0.3, -0.25) is 0 Å². The molecule has 0 heterocycles. The van der Waals surface area contributed by atoms with Crippen molar-refractivity contribution in [2.75, 3.05) is 0 Å². The first-order valence-corrected chi connectivity index (χ1v) is 10.3. The average molecular weight is 377 g/mol. The Morgan fingerprint density at radius 1 is 0.500 bits per heavy atom. The zero-order chi connectivity index (χ0) is 20.3. The van der Waals surface area contributed by atoms with Crippen molar-refractivity contribution in [3.8, 4) is 0 Å². The lowest BCUT2D eigenvalue weighted by atomic mass is 9.82. The molecule has 0 aliphatic rings. The van der Waals surface area contributed by atoms with Crippen LogP contribution in [0.3, 0.4) is 0 Å². The highest BCUT2D eigenvalue weighted by atomic mass is 14.2. The zero-order valence-electron chi connectivity index (χ0n) is 18.2. The molecule has 0 spiro atoms. The minimum absolute atomic E-state index is 0. The predicted octanol–water partition coefficient (Wildman–Crippen LogP) is 8.85. The van der Waals surface area contributed by atoms with Crippen LogP contribution in [0.1, 0.15) is 84.1 Å². The molecule has 0 heteroatoms. The Morgan fingerprint density at radius 3 is 1.14 bits per heavy atom. The van der Waals surface area contributed by atoms with E-state index in [-0.39, 0.29) is 18.8 Å². The van der Waals surface area contributed by atoms with Gasteiger partial charge in [-0.15, -0.1) is 0 Å². The molecular formula is C28H40. The molecule has 0 N–H and O–H groups in total. The van der Waals surface area contributed by atoms with E-state index in [9.17, 15) is 0 Å². The Morgan fingerprint density at radius 2 is 0.821 bits per heavy atom. The van der Waals surface area contributed by atoms with Crippen molar-refractivity contribution in [1.82, 2.24) is 0 Å². The van der Waals surface area contributed by atoms with Crippen LogP contribution in [0.2, 0.25) is 0 Å². The van der Waals surface area contributed by atoms with E-state index < -0.39 is 0 Å². The van der Waals surface area contributed by atoms with Gasteiger partial charge in [0.15, 0.2) is 0 Å². The summed E-state index contributed by atoms with van der Waals surface area (Å²) in [7, 11) is 0. The van der Waals surface area contributed by atoms with E-state index in [1.807, 2.05) is 27.7 Å². The number of hydrogen-bond donors (Lipinski definition) is 0. The summed E-state index contributed by atoms with van der Waals surface area (Å²) in [6, 6.07) is 30.6. The lowest BCUT2D eigenvalue weighted by Gasteiger charge is -2.22. The van der Waals surface area contributed by atoms with E-state index in [0.29, 0.717) is 0 Å². The molecule has 0 aliphatic carbocycles. The monoisotopic (exact) mass is 376 g/mol. The Labute approximate surface area is 174 Å². The third-order valence-electron chi connectivity index (χ3n) is 4.38. The maximum absolute atomic E-state index is 2.28. The van der Waals surface area contributed by atoms with Crippen LogP contribution in [0.4, 0.5) is 0 Å². The lowest BCUT2D eigenvalue weighted by molar-refractivity contribution is 0.590. The van der Waals surface area contributed by atoms with Crippen molar-refractivity contribution in [2.24, 2.45) is 0 Å². The first kappa shape index (κ1) is 25.7. The normalized spacial score (nSPS) is 10.0. The summed E-state index contributed by atoms with van der Waals surface area (Å²) in [4.78, 5) is 0. The molecule has 0 amide bonds. The summed E-state index contributed by atoms with van der Waals surface area (Å²) >= 11 is 0. The molecule has 152 valence electrons. The van der Waals surface area contributed by atoms with Crippen LogP contribution in [0.15, 0.2) is 84.9 Å². The van der Waals surface area contributed by atoms with Gasteiger partial charge < -0.3 is 0 Å². The van der Waals surface area contributed by atoms with Crippen molar-refractivity contribution < 1.29 is 0 Å². The quantitative estimate of drug-likeness (QED) is 0.400. The minimum Gasteiger partial charge on any atom is -0.0776 e. The van der Waals surface area contributed by atoms with E-state index in [1.54, 1.807) is 0 Å². The van der Waals surface area contributed by atoms with Gasteiger partial charge in [0, 0.05) is 5.92 Å². The summed E-state index contributed by atoms with van der Waals surface area (Å²) in [5.74, 6) is 0.284. The highest BCUT2D eigenvalue weighted by molar-refractivity contribution is 5.44. The first-order chi connectivity index (χ1) is 13.1. The first-order valence-electron chi connectivity index (χ1n) is 10.3. The number of benzene rings is 3. The summed E-state index contributed by atoms with van der Waals surface area (Å²) in [5.41, 5.74) is 5.58. The highest BCUT2D eigenvalue weighted by Gasteiger charge is 2.18. The smallest absolute Gasteiger partial charge is 0.0339 e. The second-order valence-electron chi connectivity index (χ2n) is 7.13. The molecular weight excluding hydrogens is 336 g/mol. The second kappa shape index (κ2) is 12.9. The Hall–Kier alpha value is -2.34. The molecule has 0 bridgehead atoms. The van der Waals surface area contributed by atoms with E-state index in [1.165, 1.54) is 22.3 Å². The van der Waals surface area contributed by atoms with Crippen LogP contribution in [0.5, 0.6) is 0 Å². The van der Waals surface area contributed by atoms with Crippen molar-refractivity contribution in [3.63, 3.8) is 0 Å². The van der Waals surface area contributed by atoms with Gasteiger partial charge in [0.25, 0.3) is 0 Å². The molecule has 3 aromatic carbocycles. The Bertz CT molecular complexity index is 692. The molecule has 28 heavy (non-hydrogen) atoms. The number of rotatable bonds is 3. The van der Waals surface area contributed by atoms with E-state index in [4.69, 9.17) is 0 Å². The van der Waals surface area contributed by atoms with Crippen molar-refractivity contribution in [3.05, 3.63) is 107 Å². The SMILES string of the molecule is C.CC.CC.CC(C)(C)c1ccc(C(c2ccccc2)c2ccccc2)cc1. The third-order valence-corrected chi connectivity index (χ3v) is 4.38. The van der Waals surface area contributed by atoms with Gasteiger partial charge in [0.05, 0.1) is 0 Å². The van der Waals surface area contributed by atoms with Gasteiger partial charge in [-0.25, -0.2) is 0 Å². The molecule has 3 aromatic rings. The van der Waals surface area contributed by atoms with Crippen LogP contribution in [-0.4, -0.2) is 0 Å². The summed E-state index contributed by atoms with van der Waals surface area (Å²) < 4.78 is 0. The molecule has 3 rings (SSSR count). The van der Waals surface area contributed by atoms with Gasteiger partial charge in [-0.1, -0.05) is 141 Å². The summed E-state index contributed by atoms with van der Waals surface area (Å²) in [6.45, 7) is 14.8. The maximum atomic E-state index is 2.28. The van der Waals surface area contributed by atoms with Crippen molar-refractivity contribution >= 4 is 0 Å². The largest absolute Gasteiger partial charge is 0.0776 e. The van der Waals surface area contributed by atoms with Crippen LogP contribution in [0, 0.1) is 0 Å². The zero-order valence-corrected chi connectivity index (χ0v) is 18.2. The number of hydrogen-bond acceptors (Lipinski definition) is 0. The second-order valence-corrected chi connectivity index (χ2v) is 7.13. The molecule has 0 atom stereocenters. The van der Waals surface area contributed by atoms with Gasteiger partial charge in [-0.05, 0) is 27.7 Å². The van der Waals surface area contributed by atoms with Crippen LogP contribution >= 0.6 is 0 Å². The van der Waals surface area contributed by atoms with Crippen LogP contribution in [0.25, 0.3) is 0 Å². The van der Waals surface area contributed by atoms with E-state index in [0.717, 1.165) is 0 Å². The standard InChI is InChI=1S/C23H24.2C2H6.CH4/c1-23(2,3)21-16-14-20(15-17-21)22(18-10-6-4-7-11-18)19-12-8-5-9-13-19;2*1-2;/h4-17,22H,1-3H3;2*1-2H3;1H4. The van der Waals surface area contributed by atoms with Gasteiger partial charge in [0.1, 0.15) is 0 Å². The van der Waals surface area contributed by atoms with Gasteiger partial charge >= 0.3 is 0 Å². The topological polar surface area (TPSA) is 0 Å². The molecule has 0 saturated heterocycles. The van der Waals surface area contributed by atoms with Crippen LogP contribution in [-0.2, 0) is 5.41 Å². The molecule has 0 aromatic heterocycles. The molecule has 0 aliphatic heterocycles. The highest BCUT2D eigenvalue weighted by Crippen LogP contribution is 2.33. The molecule has 0 fully saturated rings. The van der Waals surface area contributed by atoms with Gasteiger partial charge in [0.2, 0.25) is 0 Å². The molecule has 0 unspecified atom stereocenters. The molecule has 0 nitrogen and oxygen atoms in total. The summed E-state index contributed by atoms with van der Waals surface area (Å²) in [6.07, 6.45) is 0. The van der Waals surface area contributed by atoms with Crippen molar-refractivity contribution in [1.29, 1.82) is 0 Å². The molecule has 0 radical (unpaired) electrons. The Balaban J connectivity index is 0.00000137. The van der Waals surface area contributed by atoms with Gasteiger partial charge in [-0.2, -0.15) is 0 Å². The van der Waals surface area contributed by atoms with Crippen LogP contribution < -0.4 is 0 Å². The predicted molar refractivity (Wildman–Crippen MR) is 128 cm³/mol. The Kier molecular flexibility index (Phi) is 11.9. The third kappa shape index (κ3) is 7.00. The minimum atomic E-state index is 0. The maximum Gasteiger partial charge on any atom is 0.0339 e. The lowest BCUT2D eigenvalue weighted by Crippen LogP contribution is -2.11. The van der Waals surface area contributed by atoms with Crippen molar-refractivity contribution in [2.45, 2.75) is 67.2 Å². The fraction of sp³-hybridized carbons (Fsp3) is 0.357. The van der Waals surface area contributed by atoms with E-state index in [2.05, 4.69) is 106 Å². The fourth-order valence-electron chi connectivity index (χ4n) is 3.04. The summed E-state index contributed by atoms with van der Waals surface area (Å²) in [5, 5.41) is 0. The fourth-order valence-corrected chi connectivity index (χ4v) is 3.04. The van der Waals surface area contributed by atoms with E-state index >= 15 is 0 Å². The molecule has 0 saturated carbocycles.